The first kappa shape index (κ1) is 19.9. The Bertz CT molecular complexity index is 745. The quantitative estimate of drug-likeness (QED) is 0.409. The molecule has 5 heteroatoms. The van der Waals surface area contributed by atoms with Crippen LogP contribution >= 0.6 is 0 Å². The van der Waals surface area contributed by atoms with Crippen LogP contribution in [0.3, 0.4) is 0 Å². The van der Waals surface area contributed by atoms with Crippen molar-refractivity contribution in [2.24, 2.45) is 0 Å². The van der Waals surface area contributed by atoms with E-state index in [1.54, 1.807) is 24.3 Å². The van der Waals surface area contributed by atoms with Crippen LogP contribution in [0.1, 0.15) is 26.3 Å². The van der Waals surface area contributed by atoms with Crippen LogP contribution in [0.15, 0.2) is 73.8 Å². The largest absolute Gasteiger partial charge is 0.507 e. The molecular weight excluding hydrogens is 318 g/mol. The Balaban J connectivity index is 0.000000381. The van der Waals surface area contributed by atoms with Crippen molar-refractivity contribution in [3.05, 3.63) is 90.5 Å². The molecule has 0 aliphatic rings. The van der Waals surface area contributed by atoms with Gasteiger partial charge in [0.25, 0.3) is 0 Å². The van der Waals surface area contributed by atoms with Gasteiger partial charge in [0.2, 0.25) is 0 Å². The molecule has 0 fully saturated rings. The molecule has 0 saturated heterocycles. The zero-order valence-electron chi connectivity index (χ0n) is 13.8. The molecule has 0 aliphatic carbocycles. The summed E-state index contributed by atoms with van der Waals surface area (Å²) in [5, 5.41) is 21.7. The van der Waals surface area contributed by atoms with E-state index in [0.29, 0.717) is 0 Å². The first-order chi connectivity index (χ1) is 12.0. The Labute approximate surface area is 146 Å². The minimum Gasteiger partial charge on any atom is -0.507 e. The zero-order valence-corrected chi connectivity index (χ0v) is 13.8. The van der Waals surface area contributed by atoms with E-state index in [9.17, 15) is 14.7 Å². The van der Waals surface area contributed by atoms with Gasteiger partial charge in [-0.25, -0.2) is 4.79 Å². The Hall–Kier alpha value is -3.18. The predicted octanol–water partition coefficient (Wildman–Crippen LogP) is 3.27. The average Bonchev–Trinajstić information content (AvgIpc) is 2.62. The topological polar surface area (TPSA) is 86.6 Å². The van der Waals surface area contributed by atoms with Crippen molar-refractivity contribution in [2.75, 3.05) is 13.1 Å². The summed E-state index contributed by atoms with van der Waals surface area (Å²) in [4.78, 5) is 23.2. The number of para-hydroxylation sites is 1. The highest BCUT2D eigenvalue weighted by atomic mass is 16.4. The molecule has 2 aromatic rings. The number of hydrogen-bond donors (Lipinski definition) is 3. The van der Waals surface area contributed by atoms with E-state index in [4.69, 9.17) is 5.11 Å². The van der Waals surface area contributed by atoms with E-state index >= 15 is 0 Å². The fourth-order valence-corrected chi connectivity index (χ4v) is 1.97. The first-order valence-electron chi connectivity index (χ1n) is 7.60. The number of phenolic OH excluding ortho intramolecular Hbond substituents is 1. The lowest BCUT2D eigenvalue weighted by atomic mass is 9.98. The normalized spacial score (nSPS) is 9.44. The molecule has 0 unspecified atom stereocenters. The number of aromatic carboxylic acids is 1. The number of rotatable bonds is 7. The summed E-state index contributed by atoms with van der Waals surface area (Å²) in [5.41, 5.74) is 0.0726. The van der Waals surface area contributed by atoms with Crippen LogP contribution < -0.4 is 5.32 Å². The average molecular weight is 339 g/mol. The third-order valence-corrected chi connectivity index (χ3v) is 3.13. The standard InChI is InChI=1S/C14H10O4.C6H11N/c15-12-8-4-3-7-11(12)13(16)9-5-1-2-6-10(9)14(17)18;1-3-5-7-6-4-2/h1-8,15H,(H,17,18);3-4,7H,1-2,5-6H2. The van der Waals surface area contributed by atoms with Gasteiger partial charge >= 0.3 is 5.97 Å². The van der Waals surface area contributed by atoms with Crippen LogP contribution in [-0.2, 0) is 0 Å². The molecule has 0 spiro atoms. The molecule has 0 radical (unpaired) electrons. The maximum atomic E-state index is 12.2. The maximum absolute atomic E-state index is 12.2. The van der Waals surface area contributed by atoms with Gasteiger partial charge in [-0.15, -0.1) is 13.2 Å². The summed E-state index contributed by atoms with van der Waals surface area (Å²) < 4.78 is 0. The number of carbonyl (C=O) groups is 2. The summed E-state index contributed by atoms with van der Waals surface area (Å²) in [5.74, 6) is -1.84. The SMILES string of the molecule is C=CCNCC=C.O=C(O)c1ccccc1C(=O)c1ccccc1O. The third-order valence-electron chi connectivity index (χ3n) is 3.13. The van der Waals surface area contributed by atoms with Gasteiger partial charge in [-0.1, -0.05) is 42.5 Å². The highest BCUT2D eigenvalue weighted by Crippen LogP contribution is 2.21. The van der Waals surface area contributed by atoms with Gasteiger partial charge < -0.3 is 15.5 Å². The van der Waals surface area contributed by atoms with Crippen molar-refractivity contribution < 1.29 is 19.8 Å². The number of carboxylic acids is 1. The molecule has 5 nitrogen and oxygen atoms in total. The van der Waals surface area contributed by atoms with Crippen molar-refractivity contribution in [3.8, 4) is 5.75 Å². The van der Waals surface area contributed by atoms with Crippen LogP contribution in [0, 0.1) is 0 Å². The lowest BCUT2D eigenvalue weighted by molar-refractivity contribution is 0.0692. The number of benzene rings is 2. The van der Waals surface area contributed by atoms with E-state index in [1.165, 1.54) is 24.3 Å². The molecule has 0 amide bonds. The number of carboxylic acid groups (broad SMARTS) is 1. The van der Waals surface area contributed by atoms with E-state index < -0.39 is 11.8 Å². The monoisotopic (exact) mass is 339 g/mol. The Morgan fingerprint density at radius 3 is 1.84 bits per heavy atom. The minimum atomic E-state index is -1.17. The Kier molecular flexibility index (Phi) is 8.40. The fourth-order valence-electron chi connectivity index (χ4n) is 1.97. The van der Waals surface area contributed by atoms with Crippen molar-refractivity contribution in [1.82, 2.24) is 5.32 Å². The Morgan fingerprint density at radius 1 is 0.880 bits per heavy atom. The molecule has 0 bridgehead atoms. The molecule has 0 atom stereocenters. The van der Waals surface area contributed by atoms with Gasteiger partial charge in [0, 0.05) is 18.7 Å². The molecule has 130 valence electrons. The summed E-state index contributed by atoms with van der Waals surface area (Å²) >= 11 is 0. The minimum absolute atomic E-state index is 0.0616. The van der Waals surface area contributed by atoms with Crippen molar-refractivity contribution in [1.29, 1.82) is 0 Å². The first-order valence-corrected chi connectivity index (χ1v) is 7.60. The van der Waals surface area contributed by atoms with E-state index in [2.05, 4.69) is 18.5 Å². The van der Waals surface area contributed by atoms with Crippen molar-refractivity contribution in [2.45, 2.75) is 0 Å². The number of phenols is 1. The molecule has 2 aromatic carbocycles. The van der Waals surface area contributed by atoms with Gasteiger partial charge in [0.15, 0.2) is 5.78 Å². The van der Waals surface area contributed by atoms with Crippen LogP contribution in [0.2, 0.25) is 0 Å². The van der Waals surface area contributed by atoms with Gasteiger partial charge in [-0.2, -0.15) is 0 Å². The second-order valence-corrected chi connectivity index (χ2v) is 4.93. The van der Waals surface area contributed by atoms with Crippen molar-refractivity contribution >= 4 is 11.8 Å². The van der Waals surface area contributed by atoms with Gasteiger partial charge in [0.05, 0.1) is 11.1 Å². The molecule has 3 N–H and O–H groups in total. The molecule has 0 heterocycles. The second kappa shape index (κ2) is 10.6. The van der Waals surface area contributed by atoms with Crippen LogP contribution in [0.4, 0.5) is 0 Å². The fraction of sp³-hybridized carbons (Fsp3) is 0.100. The van der Waals surface area contributed by atoms with Gasteiger partial charge in [0.1, 0.15) is 5.75 Å². The lowest BCUT2D eigenvalue weighted by Crippen LogP contribution is -2.11. The van der Waals surface area contributed by atoms with Crippen molar-refractivity contribution in [3.63, 3.8) is 0 Å². The van der Waals surface area contributed by atoms with E-state index in [1.807, 2.05) is 12.2 Å². The van der Waals surface area contributed by atoms with Gasteiger partial charge in [-0.05, 0) is 18.2 Å². The maximum Gasteiger partial charge on any atom is 0.336 e. The number of aromatic hydroxyl groups is 1. The number of nitrogens with one attached hydrogen (secondary N) is 1. The number of ketones is 1. The molecule has 0 aromatic heterocycles. The number of hydrogen-bond acceptors (Lipinski definition) is 4. The van der Waals surface area contributed by atoms with E-state index in [-0.39, 0.29) is 22.4 Å². The lowest BCUT2D eigenvalue weighted by Gasteiger charge is -2.06. The molecular formula is C20H21NO4. The molecule has 25 heavy (non-hydrogen) atoms. The van der Waals surface area contributed by atoms with Gasteiger partial charge in [-0.3, -0.25) is 4.79 Å². The van der Waals surface area contributed by atoms with Crippen LogP contribution in [-0.4, -0.2) is 35.1 Å². The summed E-state index contributed by atoms with van der Waals surface area (Å²) in [6.07, 6.45) is 3.65. The summed E-state index contributed by atoms with van der Waals surface area (Å²) in [7, 11) is 0. The molecule has 0 aliphatic heterocycles. The van der Waals surface area contributed by atoms with Crippen LogP contribution in [0.5, 0.6) is 5.75 Å². The smallest absolute Gasteiger partial charge is 0.336 e. The molecule has 2 rings (SSSR count). The highest BCUT2D eigenvalue weighted by Gasteiger charge is 2.19. The third kappa shape index (κ3) is 6.08. The summed E-state index contributed by atoms with van der Waals surface area (Å²) in [6, 6.07) is 12.0. The second-order valence-electron chi connectivity index (χ2n) is 4.93. The number of carbonyl (C=O) groups excluding carboxylic acids is 1. The van der Waals surface area contributed by atoms with E-state index in [0.717, 1.165) is 13.1 Å². The Morgan fingerprint density at radius 2 is 1.36 bits per heavy atom. The zero-order chi connectivity index (χ0) is 18.7. The molecule has 0 saturated carbocycles. The predicted molar refractivity (Wildman–Crippen MR) is 98.2 cm³/mol. The highest BCUT2D eigenvalue weighted by molar-refractivity contribution is 6.15. The summed E-state index contributed by atoms with van der Waals surface area (Å²) in [6.45, 7) is 8.81. The van der Waals surface area contributed by atoms with Crippen LogP contribution in [0.25, 0.3) is 0 Å².